The number of hydrogen-bond acceptors (Lipinski definition) is 1. The number of benzene rings is 3. The Labute approximate surface area is 145 Å². The van der Waals surface area contributed by atoms with Gasteiger partial charge in [-0.2, -0.15) is 0 Å². The number of phenolic OH excluding ortho intramolecular Hbond substituents is 1. The first-order chi connectivity index (χ1) is 10.6. The second kappa shape index (κ2) is 5.25. The van der Waals surface area contributed by atoms with Gasteiger partial charge in [0, 0.05) is 0 Å². The third-order valence-electron chi connectivity index (χ3n) is 4.18. The Kier molecular flexibility index (Phi) is 3.35. The Balaban J connectivity index is 1.93. The topological polar surface area (TPSA) is 20.2 Å². The number of phenols is 1. The summed E-state index contributed by atoms with van der Waals surface area (Å²) in [7, 11) is 0. The molecule has 1 N–H and O–H groups in total. The summed E-state index contributed by atoms with van der Waals surface area (Å²) in [5, 5.41) is 9.92. The van der Waals surface area contributed by atoms with Gasteiger partial charge in [-0.25, -0.2) is 0 Å². The van der Waals surface area contributed by atoms with Crippen LogP contribution < -0.4 is 0 Å². The van der Waals surface area contributed by atoms with Crippen molar-refractivity contribution >= 4 is 31.9 Å². The van der Waals surface area contributed by atoms with Crippen LogP contribution >= 0.6 is 31.9 Å². The molecule has 0 unspecified atom stereocenters. The van der Waals surface area contributed by atoms with Crippen molar-refractivity contribution in [2.24, 2.45) is 0 Å². The molecular formula is C19H12Br2O. The highest BCUT2D eigenvalue weighted by Crippen LogP contribution is 2.43. The van der Waals surface area contributed by atoms with Crippen LogP contribution in [0, 0.1) is 0 Å². The molecule has 0 atom stereocenters. The molecule has 1 aliphatic carbocycles. The van der Waals surface area contributed by atoms with Gasteiger partial charge in [0.15, 0.2) is 0 Å². The normalized spacial score (nSPS) is 12.1. The molecule has 22 heavy (non-hydrogen) atoms. The highest BCUT2D eigenvalue weighted by atomic mass is 79.9. The van der Waals surface area contributed by atoms with Gasteiger partial charge < -0.3 is 5.11 Å². The molecule has 3 aromatic carbocycles. The van der Waals surface area contributed by atoms with Crippen molar-refractivity contribution in [1.29, 1.82) is 0 Å². The summed E-state index contributed by atoms with van der Waals surface area (Å²) in [6.45, 7) is 0. The van der Waals surface area contributed by atoms with Gasteiger partial charge in [0.25, 0.3) is 0 Å². The van der Waals surface area contributed by atoms with Crippen molar-refractivity contribution in [2.75, 3.05) is 0 Å². The van der Waals surface area contributed by atoms with Crippen molar-refractivity contribution in [3.8, 4) is 28.0 Å². The highest BCUT2D eigenvalue weighted by molar-refractivity contribution is 9.11. The van der Waals surface area contributed by atoms with E-state index in [0.717, 1.165) is 12.0 Å². The van der Waals surface area contributed by atoms with E-state index in [1.54, 1.807) is 0 Å². The third kappa shape index (κ3) is 2.11. The van der Waals surface area contributed by atoms with E-state index in [0.29, 0.717) is 8.95 Å². The molecule has 0 heterocycles. The zero-order valence-electron chi connectivity index (χ0n) is 11.6. The molecular weight excluding hydrogens is 404 g/mol. The third-order valence-corrected chi connectivity index (χ3v) is 5.39. The average Bonchev–Trinajstić information content (AvgIpc) is 2.90. The van der Waals surface area contributed by atoms with Gasteiger partial charge >= 0.3 is 0 Å². The SMILES string of the molecule is Oc1c(Br)cc(-c2cccc3c2Cc2ccccc2-3)cc1Br. The maximum atomic E-state index is 9.92. The molecule has 0 aliphatic heterocycles. The molecule has 4 rings (SSSR count). The maximum Gasteiger partial charge on any atom is 0.143 e. The molecule has 0 spiro atoms. The van der Waals surface area contributed by atoms with Crippen LogP contribution in [0.3, 0.4) is 0 Å². The molecule has 0 amide bonds. The first-order valence-electron chi connectivity index (χ1n) is 7.03. The minimum atomic E-state index is 0.236. The van der Waals surface area contributed by atoms with Crippen molar-refractivity contribution in [1.82, 2.24) is 0 Å². The van der Waals surface area contributed by atoms with E-state index in [2.05, 4.69) is 74.3 Å². The van der Waals surface area contributed by atoms with Crippen LogP contribution in [0.15, 0.2) is 63.5 Å². The van der Waals surface area contributed by atoms with E-state index in [1.807, 2.05) is 12.1 Å². The summed E-state index contributed by atoms with van der Waals surface area (Å²) >= 11 is 6.85. The molecule has 1 aliphatic rings. The predicted molar refractivity (Wildman–Crippen MR) is 97.2 cm³/mol. The molecule has 108 valence electrons. The quantitative estimate of drug-likeness (QED) is 0.395. The number of hydrogen-bond donors (Lipinski definition) is 1. The lowest BCUT2D eigenvalue weighted by Crippen LogP contribution is -1.88. The first-order valence-corrected chi connectivity index (χ1v) is 8.62. The molecule has 0 aromatic heterocycles. The molecule has 3 aromatic rings. The zero-order valence-corrected chi connectivity index (χ0v) is 14.8. The Morgan fingerprint density at radius 2 is 1.41 bits per heavy atom. The van der Waals surface area contributed by atoms with Crippen molar-refractivity contribution in [3.63, 3.8) is 0 Å². The summed E-state index contributed by atoms with van der Waals surface area (Å²) in [5.74, 6) is 0.236. The van der Waals surface area contributed by atoms with E-state index in [-0.39, 0.29) is 5.75 Å². The number of aromatic hydroxyl groups is 1. The monoisotopic (exact) mass is 414 g/mol. The van der Waals surface area contributed by atoms with Crippen LogP contribution in [0.2, 0.25) is 0 Å². The van der Waals surface area contributed by atoms with Gasteiger partial charge in [-0.15, -0.1) is 0 Å². The van der Waals surface area contributed by atoms with Gasteiger partial charge in [0.2, 0.25) is 0 Å². The smallest absolute Gasteiger partial charge is 0.143 e. The summed E-state index contributed by atoms with van der Waals surface area (Å²) in [6, 6.07) is 19.0. The summed E-state index contributed by atoms with van der Waals surface area (Å²) in [5.41, 5.74) is 7.69. The zero-order chi connectivity index (χ0) is 15.3. The minimum Gasteiger partial charge on any atom is -0.506 e. The van der Waals surface area contributed by atoms with E-state index < -0.39 is 0 Å². The van der Waals surface area contributed by atoms with E-state index in [4.69, 9.17) is 0 Å². The van der Waals surface area contributed by atoms with Crippen LogP contribution in [0.25, 0.3) is 22.3 Å². The summed E-state index contributed by atoms with van der Waals surface area (Å²) < 4.78 is 1.40. The van der Waals surface area contributed by atoms with Crippen LogP contribution in [0.1, 0.15) is 11.1 Å². The van der Waals surface area contributed by atoms with Crippen molar-refractivity contribution in [2.45, 2.75) is 6.42 Å². The molecule has 0 fully saturated rings. The van der Waals surface area contributed by atoms with Gasteiger partial charge in [-0.05, 0) is 83.8 Å². The lowest BCUT2D eigenvalue weighted by Gasteiger charge is -2.11. The second-order valence-corrected chi connectivity index (χ2v) is 7.16. The average molecular weight is 416 g/mol. The summed E-state index contributed by atoms with van der Waals surface area (Å²) in [4.78, 5) is 0. The Morgan fingerprint density at radius 3 is 2.18 bits per heavy atom. The van der Waals surface area contributed by atoms with Gasteiger partial charge in [-0.3, -0.25) is 0 Å². The van der Waals surface area contributed by atoms with Gasteiger partial charge in [-0.1, -0.05) is 42.5 Å². The molecule has 0 bridgehead atoms. The second-order valence-electron chi connectivity index (χ2n) is 5.45. The van der Waals surface area contributed by atoms with Gasteiger partial charge in [0.05, 0.1) is 8.95 Å². The fraction of sp³-hybridized carbons (Fsp3) is 0.0526. The Bertz CT molecular complexity index is 877. The van der Waals surface area contributed by atoms with Crippen LogP contribution in [0.5, 0.6) is 5.75 Å². The number of fused-ring (bicyclic) bond motifs is 3. The molecule has 1 nitrogen and oxygen atoms in total. The lowest BCUT2D eigenvalue weighted by atomic mass is 9.96. The molecule has 0 radical (unpaired) electrons. The predicted octanol–water partition coefficient (Wildman–Crippen LogP) is 6.16. The van der Waals surface area contributed by atoms with E-state index in [1.165, 1.54) is 27.8 Å². The Hall–Kier alpha value is -1.58. The lowest BCUT2D eigenvalue weighted by molar-refractivity contribution is 0.468. The molecule has 0 saturated carbocycles. The minimum absolute atomic E-state index is 0.236. The van der Waals surface area contributed by atoms with E-state index in [9.17, 15) is 5.11 Å². The number of rotatable bonds is 1. The maximum absolute atomic E-state index is 9.92. The van der Waals surface area contributed by atoms with Gasteiger partial charge in [0.1, 0.15) is 5.75 Å². The Morgan fingerprint density at radius 1 is 0.773 bits per heavy atom. The van der Waals surface area contributed by atoms with E-state index >= 15 is 0 Å². The molecule has 0 saturated heterocycles. The van der Waals surface area contributed by atoms with Crippen LogP contribution in [-0.4, -0.2) is 5.11 Å². The van der Waals surface area contributed by atoms with Crippen molar-refractivity contribution < 1.29 is 5.11 Å². The van der Waals surface area contributed by atoms with Crippen LogP contribution in [0.4, 0.5) is 0 Å². The fourth-order valence-corrected chi connectivity index (χ4v) is 4.34. The first kappa shape index (κ1) is 14.0. The standard InChI is InChI=1S/C19H12Br2O/c20-17-9-12(10-18(21)19(17)22)14-6-3-7-15-13-5-2-1-4-11(13)8-16(14)15/h1-7,9-10,22H,8H2. The number of halogens is 2. The highest BCUT2D eigenvalue weighted by Gasteiger charge is 2.21. The largest absolute Gasteiger partial charge is 0.506 e. The fourth-order valence-electron chi connectivity index (χ4n) is 3.15. The van der Waals surface area contributed by atoms with Crippen LogP contribution in [-0.2, 0) is 6.42 Å². The van der Waals surface area contributed by atoms with Crippen molar-refractivity contribution in [3.05, 3.63) is 74.7 Å². The summed E-state index contributed by atoms with van der Waals surface area (Å²) in [6.07, 6.45) is 0.956. The molecule has 3 heteroatoms.